The lowest BCUT2D eigenvalue weighted by Crippen LogP contribution is -2.43. The number of nitrogens with zero attached hydrogens (tertiary/aromatic N) is 1. The number of ether oxygens (including phenoxy) is 1. The molecule has 0 aromatic carbocycles. The maximum atomic E-state index is 13.6. The molecule has 2 aliphatic rings. The molecular formula is C13H12F5NO2. The van der Waals surface area contributed by atoms with Crippen molar-refractivity contribution in [3.8, 4) is 5.75 Å². The Bertz CT molecular complexity index is 558. The minimum Gasteiger partial charge on any atom is -0.488 e. The highest BCUT2D eigenvalue weighted by Crippen LogP contribution is 2.45. The van der Waals surface area contributed by atoms with Crippen LogP contribution in [-0.4, -0.2) is 28.3 Å². The van der Waals surface area contributed by atoms with E-state index >= 15 is 0 Å². The van der Waals surface area contributed by atoms with Crippen LogP contribution in [-0.2, 0) is 6.42 Å². The van der Waals surface area contributed by atoms with Gasteiger partial charge in [-0.1, -0.05) is 0 Å². The highest BCUT2D eigenvalue weighted by atomic mass is 19.3. The molecule has 0 spiro atoms. The van der Waals surface area contributed by atoms with Gasteiger partial charge in [0.2, 0.25) is 0 Å². The molecule has 0 bridgehead atoms. The first kappa shape index (κ1) is 14.5. The molecule has 0 aliphatic heterocycles. The summed E-state index contributed by atoms with van der Waals surface area (Å²) in [4.78, 5) is 3.49. The Labute approximate surface area is 116 Å². The molecular weight excluding hydrogens is 297 g/mol. The fourth-order valence-electron chi connectivity index (χ4n) is 2.74. The Hall–Kier alpha value is -1.44. The monoisotopic (exact) mass is 309 g/mol. The quantitative estimate of drug-likeness (QED) is 0.872. The van der Waals surface area contributed by atoms with Crippen LogP contribution in [0.4, 0.5) is 22.0 Å². The second-order valence-corrected chi connectivity index (χ2v) is 5.37. The van der Waals surface area contributed by atoms with Gasteiger partial charge in [0.15, 0.2) is 0 Å². The van der Waals surface area contributed by atoms with Gasteiger partial charge in [0, 0.05) is 30.4 Å². The topological polar surface area (TPSA) is 42.4 Å². The van der Waals surface area contributed by atoms with E-state index in [4.69, 9.17) is 4.74 Å². The van der Waals surface area contributed by atoms with Crippen molar-refractivity contribution >= 4 is 0 Å². The maximum absolute atomic E-state index is 13.6. The highest BCUT2D eigenvalue weighted by molar-refractivity contribution is 5.47. The van der Waals surface area contributed by atoms with Crippen molar-refractivity contribution in [2.24, 2.45) is 0 Å². The summed E-state index contributed by atoms with van der Waals surface area (Å²) in [6.45, 7) is 0. The number of halogens is 5. The first-order valence-corrected chi connectivity index (χ1v) is 6.45. The fourth-order valence-corrected chi connectivity index (χ4v) is 2.74. The van der Waals surface area contributed by atoms with Gasteiger partial charge < -0.3 is 9.84 Å². The molecule has 2 aliphatic carbocycles. The standard InChI is InChI=1S/C13H12F5NO2/c14-7-1-6-8(21-5-2-13(17,18)3-5)4-19-10(12(15)16)9(6)11(7)20/h4-5,7,11-12,20H,1-3H2. The molecule has 2 unspecified atom stereocenters. The lowest BCUT2D eigenvalue weighted by atomic mass is 9.91. The molecule has 1 saturated carbocycles. The van der Waals surface area contributed by atoms with Crippen molar-refractivity contribution in [3.05, 3.63) is 23.0 Å². The zero-order valence-corrected chi connectivity index (χ0v) is 10.7. The van der Waals surface area contributed by atoms with Crippen molar-refractivity contribution in [1.82, 2.24) is 4.98 Å². The highest BCUT2D eigenvalue weighted by Gasteiger charge is 2.48. The number of aromatic nitrogens is 1. The summed E-state index contributed by atoms with van der Waals surface area (Å²) >= 11 is 0. The van der Waals surface area contributed by atoms with Crippen LogP contribution in [0.5, 0.6) is 5.75 Å². The van der Waals surface area contributed by atoms with E-state index in [1.807, 2.05) is 0 Å². The predicted molar refractivity (Wildman–Crippen MR) is 61.4 cm³/mol. The second kappa shape index (κ2) is 4.79. The first-order valence-electron chi connectivity index (χ1n) is 6.45. The predicted octanol–water partition coefficient (Wildman–Crippen LogP) is 3.12. The molecule has 2 atom stereocenters. The van der Waals surface area contributed by atoms with Crippen LogP contribution in [0.1, 0.15) is 42.2 Å². The molecule has 1 fully saturated rings. The number of aliphatic hydroxyl groups is 1. The van der Waals surface area contributed by atoms with Crippen LogP contribution >= 0.6 is 0 Å². The van der Waals surface area contributed by atoms with Gasteiger partial charge in [-0.2, -0.15) is 0 Å². The molecule has 116 valence electrons. The van der Waals surface area contributed by atoms with Crippen molar-refractivity contribution in [2.45, 2.75) is 50.0 Å². The first-order chi connectivity index (χ1) is 9.78. The number of pyridine rings is 1. The third kappa shape index (κ3) is 2.45. The number of hydrogen-bond acceptors (Lipinski definition) is 3. The molecule has 1 heterocycles. The Kier molecular flexibility index (Phi) is 3.31. The summed E-state index contributed by atoms with van der Waals surface area (Å²) in [6, 6.07) is 0. The van der Waals surface area contributed by atoms with E-state index in [0.717, 1.165) is 6.20 Å². The molecule has 3 rings (SSSR count). The summed E-state index contributed by atoms with van der Waals surface area (Å²) in [5, 5.41) is 9.67. The Morgan fingerprint density at radius 1 is 1.33 bits per heavy atom. The summed E-state index contributed by atoms with van der Waals surface area (Å²) < 4.78 is 70.1. The molecule has 3 nitrogen and oxygen atoms in total. The van der Waals surface area contributed by atoms with E-state index in [2.05, 4.69) is 4.98 Å². The van der Waals surface area contributed by atoms with Gasteiger partial charge in [0.1, 0.15) is 29.8 Å². The summed E-state index contributed by atoms with van der Waals surface area (Å²) in [7, 11) is 0. The molecule has 21 heavy (non-hydrogen) atoms. The van der Waals surface area contributed by atoms with Gasteiger partial charge in [-0.25, -0.2) is 22.0 Å². The van der Waals surface area contributed by atoms with Gasteiger partial charge in [-0.05, 0) is 0 Å². The van der Waals surface area contributed by atoms with Gasteiger partial charge in [-0.3, -0.25) is 4.98 Å². The van der Waals surface area contributed by atoms with Crippen LogP contribution in [0.15, 0.2) is 6.20 Å². The lowest BCUT2D eigenvalue weighted by molar-refractivity contribution is -0.134. The average Bonchev–Trinajstić information content (AvgIpc) is 2.64. The summed E-state index contributed by atoms with van der Waals surface area (Å²) in [5.41, 5.74) is -0.875. The molecule has 0 radical (unpaired) electrons. The van der Waals surface area contributed by atoms with Gasteiger partial charge in [-0.15, -0.1) is 0 Å². The Morgan fingerprint density at radius 3 is 2.57 bits per heavy atom. The van der Waals surface area contributed by atoms with Gasteiger partial charge >= 0.3 is 0 Å². The second-order valence-electron chi connectivity index (χ2n) is 5.37. The fraction of sp³-hybridized carbons (Fsp3) is 0.615. The van der Waals surface area contributed by atoms with Crippen molar-refractivity contribution in [3.63, 3.8) is 0 Å². The number of rotatable bonds is 3. The van der Waals surface area contributed by atoms with Crippen LogP contribution < -0.4 is 4.74 Å². The number of aliphatic hydroxyl groups excluding tert-OH is 1. The van der Waals surface area contributed by atoms with Crippen molar-refractivity contribution in [1.29, 1.82) is 0 Å². The zero-order chi connectivity index (χ0) is 15.4. The van der Waals surface area contributed by atoms with E-state index in [9.17, 15) is 27.1 Å². The largest absolute Gasteiger partial charge is 0.488 e. The number of fused-ring (bicyclic) bond motifs is 1. The van der Waals surface area contributed by atoms with E-state index in [1.54, 1.807) is 0 Å². The van der Waals surface area contributed by atoms with E-state index in [0.29, 0.717) is 0 Å². The SMILES string of the molecule is OC1c2c(C(F)F)ncc(OC3CC(F)(F)C3)c2CC1F. The van der Waals surface area contributed by atoms with Crippen molar-refractivity contribution in [2.75, 3.05) is 0 Å². The summed E-state index contributed by atoms with van der Waals surface area (Å²) in [5.74, 6) is -2.79. The smallest absolute Gasteiger partial charge is 0.280 e. The molecule has 0 amide bonds. The van der Waals surface area contributed by atoms with E-state index in [-0.39, 0.29) is 23.3 Å². The minimum atomic E-state index is -2.96. The van der Waals surface area contributed by atoms with E-state index < -0.39 is 49.3 Å². The zero-order valence-electron chi connectivity index (χ0n) is 10.7. The Balaban J connectivity index is 1.90. The van der Waals surface area contributed by atoms with Crippen LogP contribution in [0.3, 0.4) is 0 Å². The molecule has 1 aromatic heterocycles. The number of hydrogen-bond donors (Lipinski definition) is 1. The third-order valence-corrected chi connectivity index (χ3v) is 3.81. The molecule has 1 N–H and O–H groups in total. The average molecular weight is 309 g/mol. The molecule has 1 aromatic rings. The van der Waals surface area contributed by atoms with Crippen LogP contribution in [0, 0.1) is 0 Å². The molecule has 0 saturated heterocycles. The maximum Gasteiger partial charge on any atom is 0.280 e. The Morgan fingerprint density at radius 2 is 2.00 bits per heavy atom. The van der Waals surface area contributed by atoms with Crippen LogP contribution in [0.2, 0.25) is 0 Å². The van der Waals surface area contributed by atoms with Gasteiger partial charge in [0.05, 0.1) is 6.20 Å². The third-order valence-electron chi connectivity index (χ3n) is 3.81. The number of alkyl halides is 5. The molecule has 8 heteroatoms. The lowest BCUT2D eigenvalue weighted by Gasteiger charge is -2.35. The van der Waals surface area contributed by atoms with Crippen LogP contribution in [0.25, 0.3) is 0 Å². The normalized spacial score (nSPS) is 27.6. The van der Waals surface area contributed by atoms with Gasteiger partial charge in [0.25, 0.3) is 12.3 Å². The summed E-state index contributed by atoms with van der Waals surface area (Å²) in [6.07, 6.45) is -7.38. The van der Waals surface area contributed by atoms with E-state index in [1.165, 1.54) is 0 Å². The van der Waals surface area contributed by atoms with Crippen molar-refractivity contribution < 1.29 is 31.8 Å². The minimum absolute atomic E-state index is 0.00546.